The molecular formula is C22H23N3O4. The molecule has 1 aliphatic heterocycles. The second-order valence-electron chi connectivity index (χ2n) is 7.32. The van der Waals surface area contributed by atoms with E-state index in [2.05, 4.69) is 15.6 Å². The molecule has 0 radical (unpaired) electrons. The molecule has 1 atom stereocenters. The average Bonchev–Trinajstić information content (AvgIpc) is 3.33. The Hall–Kier alpha value is -3.48. The van der Waals surface area contributed by atoms with Crippen LogP contribution in [0.5, 0.6) is 11.5 Å². The number of fused-ring (bicyclic) bond motifs is 2. The highest BCUT2D eigenvalue weighted by Gasteiger charge is 2.25. The van der Waals surface area contributed by atoms with E-state index in [1.165, 1.54) is 0 Å². The molecule has 0 saturated carbocycles. The van der Waals surface area contributed by atoms with Crippen molar-refractivity contribution in [3.63, 3.8) is 0 Å². The number of carbonyl (C=O) groups excluding carboxylic acids is 2. The third-order valence-corrected chi connectivity index (χ3v) is 4.79. The van der Waals surface area contributed by atoms with Gasteiger partial charge in [-0.1, -0.05) is 18.2 Å². The van der Waals surface area contributed by atoms with E-state index in [0.717, 1.165) is 16.5 Å². The zero-order valence-electron chi connectivity index (χ0n) is 16.3. The fourth-order valence-corrected chi connectivity index (χ4v) is 3.39. The molecule has 0 spiro atoms. The maximum atomic E-state index is 12.8. The van der Waals surface area contributed by atoms with Gasteiger partial charge in [-0.15, -0.1) is 0 Å². The van der Waals surface area contributed by atoms with Gasteiger partial charge in [0.15, 0.2) is 11.5 Å². The molecule has 4 rings (SSSR count). The van der Waals surface area contributed by atoms with Gasteiger partial charge < -0.3 is 25.1 Å². The topological polar surface area (TPSA) is 92.5 Å². The number of hydrogen-bond acceptors (Lipinski definition) is 4. The lowest BCUT2D eigenvalue weighted by Crippen LogP contribution is -2.49. The highest BCUT2D eigenvalue weighted by Crippen LogP contribution is 2.32. The van der Waals surface area contributed by atoms with E-state index < -0.39 is 6.04 Å². The Morgan fingerprint density at radius 2 is 1.86 bits per heavy atom. The normalized spacial score (nSPS) is 13.5. The molecule has 0 unspecified atom stereocenters. The number of rotatable bonds is 6. The SMILES string of the molecule is CC(C)NC(=O)[C@@H](Cc1c[nH]c2ccccc12)NC(=O)c1ccc2c(c1)OCO2. The first-order chi connectivity index (χ1) is 14.0. The van der Waals surface area contributed by atoms with Crippen LogP contribution in [0.4, 0.5) is 0 Å². The number of aromatic nitrogens is 1. The predicted octanol–water partition coefficient (Wildman–Crippen LogP) is 2.76. The minimum atomic E-state index is -0.713. The summed E-state index contributed by atoms with van der Waals surface area (Å²) in [6, 6.07) is 12.1. The largest absolute Gasteiger partial charge is 0.454 e. The van der Waals surface area contributed by atoms with Gasteiger partial charge in [-0.25, -0.2) is 0 Å². The minimum Gasteiger partial charge on any atom is -0.454 e. The Balaban J connectivity index is 1.57. The van der Waals surface area contributed by atoms with E-state index in [1.807, 2.05) is 44.3 Å². The molecule has 150 valence electrons. The van der Waals surface area contributed by atoms with E-state index in [9.17, 15) is 9.59 Å². The van der Waals surface area contributed by atoms with Crippen LogP contribution in [0.15, 0.2) is 48.7 Å². The van der Waals surface area contributed by atoms with Crippen molar-refractivity contribution < 1.29 is 19.1 Å². The summed E-state index contributed by atoms with van der Waals surface area (Å²) in [7, 11) is 0. The van der Waals surface area contributed by atoms with Crippen molar-refractivity contribution >= 4 is 22.7 Å². The first-order valence-electron chi connectivity index (χ1n) is 9.57. The van der Waals surface area contributed by atoms with Gasteiger partial charge in [-0.3, -0.25) is 9.59 Å². The first kappa shape index (κ1) is 18.9. The van der Waals surface area contributed by atoms with Crippen molar-refractivity contribution in [1.29, 1.82) is 0 Å². The zero-order chi connectivity index (χ0) is 20.4. The maximum absolute atomic E-state index is 12.8. The van der Waals surface area contributed by atoms with Crippen molar-refractivity contribution in [3.8, 4) is 11.5 Å². The monoisotopic (exact) mass is 393 g/mol. The third kappa shape index (κ3) is 4.03. The summed E-state index contributed by atoms with van der Waals surface area (Å²) in [5.74, 6) is 0.568. The van der Waals surface area contributed by atoms with Gasteiger partial charge >= 0.3 is 0 Å². The molecule has 1 aliphatic rings. The van der Waals surface area contributed by atoms with E-state index >= 15 is 0 Å². The number of para-hydroxylation sites is 1. The number of aromatic amines is 1. The zero-order valence-corrected chi connectivity index (χ0v) is 16.3. The minimum absolute atomic E-state index is 0.0320. The lowest BCUT2D eigenvalue weighted by atomic mass is 10.0. The maximum Gasteiger partial charge on any atom is 0.252 e. The van der Waals surface area contributed by atoms with Gasteiger partial charge in [0.1, 0.15) is 6.04 Å². The van der Waals surface area contributed by atoms with E-state index in [4.69, 9.17) is 9.47 Å². The van der Waals surface area contributed by atoms with Gasteiger partial charge in [-0.05, 0) is 43.7 Å². The lowest BCUT2D eigenvalue weighted by molar-refractivity contribution is -0.123. The number of amides is 2. The molecule has 2 aromatic carbocycles. The van der Waals surface area contributed by atoms with Crippen LogP contribution in [0.3, 0.4) is 0 Å². The van der Waals surface area contributed by atoms with Crippen molar-refractivity contribution in [2.75, 3.05) is 6.79 Å². The van der Waals surface area contributed by atoms with Crippen LogP contribution in [-0.4, -0.2) is 35.7 Å². The Morgan fingerprint density at radius 3 is 2.69 bits per heavy atom. The highest BCUT2D eigenvalue weighted by molar-refractivity contribution is 5.98. The van der Waals surface area contributed by atoms with Gasteiger partial charge in [0, 0.05) is 35.1 Å². The van der Waals surface area contributed by atoms with Crippen LogP contribution in [0, 0.1) is 0 Å². The molecule has 3 aromatic rings. The van der Waals surface area contributed by atoms with Gasteiger partial charge in [0.05, 0.1) is 0 Å². The van der Waals surface area contributed by atoms with E-state index in [-0.39, 0.29) is 24.6 Å². The molecular weight excluding hydrogens is 370 g/mol. The van der Waals surface area contributed by atoms with E-state index in [1.54, 1.807) is 18.2 Å². The standard InChI is InChI=1S/C22H23N3O4/c1-13(2)24-22(27)18(9-15-11-23-17-6-4-3-5-16(15)17)25-21(26)14-7-8-19-20(10-14)29-12-28-19/h3-8,10-11,13,18,23H,9,12H2,1-2H3,(H,24,27)(H,25,26)/t18-/m1/s1. The molecule has 7 nitrogen and oxygen atoms in total. The van der Waals surface area contributed by atoms with E-state index in [0.29, 0.717) is 23.5 Å². The quantitative estimate of drug-likeness (QED) is 0.600. The molecule has 0 bridgehead atoms. The van der Waals surface area contributed by atoms with Gasteiger partial charge in [0.2, 0.25) is 12.7 Å². The number of hydrogen-bond donors (Lipinski definition) is 3. The smallest absolute Gasteiger partial charge is 0.252 e. The second-order valence-corrected chi connectivity index (χ2v) is 7.32. The van der Waals surface area contributed by atoms with Crippen LogP contribution in [0.1, 0.15) is 29.8 Å². The molecule has 2 heterocycles. The molecule has 0 fully saturated rings. The Kier molecular flexibility index (Phi) is 5.12. The molecule has 7 heteroatoms. The summed E-state index contributed by atoms with van der Waals surface area (Å²) in [5.41, 5.74) is 2.37. The highest BCUT2D eigenvalue weighted by atomic mass is 16.7. The van der Waals surface area contributed by atoms with Crippen molar-refractivity contribution in [2.24, 2.45) is 0 Å². The molecule has 0 aliphatic carbocycles. The van der Waals surface area contributed by atoms with Crippen LogP contribution < -0.4 is 20.1 Å². The summed E-state index contributed by atoms with van der Waals surface area (Å²) in [5, 5.41) is 6.80. The van der Waals surface area contributed by atoms with Crippen molar-refractivity contribution in [2.45, 2.75) is 32.4 Å². The predicted molar refractivity (Wildman–Crippen MR) is 109 cm³/mol. The fourth-order valence-electron chi connectivity index (χ4n) is 3.39. The average molecular weight is 393 g/mol. The molecule has 1 aromatic heterocycles. The second kappa shape index (κ2) is 7.87. The lowest BCUT2D eigenvalue weighted by Gasteiger charge is -2.20. The number of benzene rings is 2. The summed E-state index contributed by atoms with van der Waals surface area (Å²) >= 11 is 0. The summed E-state index contributed by atoms with van der Waals surface area (Å²) in [4.78, 5) is 28.8. The third-order valence-electron chi connectivity index (χ3n) is 4.79. The Morgan fingerprint density at radius 1 is 1.07 bits per heavy atom. The van der Waals surface area contributed by atoms with Crippen LogP contribution in [-0.2, 0) is 11.2 Å². The summed E-state index contributed by atoms with van der Waals surface area (Å²) in [6.45, 7) is 3.92. The van der Waals surface area contributed by atoms with Crippen molar-refractivity contribution in [3.05, 3.63) is 59.8 Å². The number of carbonyl (C=O) groups is 2. The number of H-pyrrole nitrogens is 1. The number of nitrogens with one attached hydrogen (secondary N) is 3. The molecule has 2 amide bonds. The van der Waals surface area contributed by atoms with Crippen LogP contribution in [0.25, 0.3) is 10.9 Å². The van der Waals surface area contributed by atoms with Crippen LogP contribution >= 0.6 is 0 Å². The Labute approximate surface area is 168 Å². The van der Waals surface area contributed by atoms with Crippen molar-refractivity contribution in [1.82, 2.24) is 15.6 Å². The first-order valence-corrected chi connectivity index (χ1v) is 9.57. The van der Waals surface area contributed by atoms with Gasteiger partial charge in [-0.2, -0.15) is 0 Å². The number of ether oxygens (including phenoxy) is 2. The molecule has 29 heavy (non-hydrogen) atoms. The Bertz CT molecular complexity index is 1060. The fraction of sp³-hybridized carbons (Fsp3) is 0.273. The summed E-state index contributed by atoms with van der Waals surface area (Å²) < 4.78 is 10.6. The van der Waals surface area contributed by atoms with Crippen LogP contribution in [0.2, 0.25) is 0 Å². The molecule has 3 N–H and O–H groups in total. The molecule has 0 saturated heterocycles. The van der Waals surface area contributed by atoms with Gasteiger partial charge in [0.25, 0.3) is 5.91 Å². The summed E-state index contributed by atoms with van der Waals surface area (Å²) in [6.07, 6.45) is 2.26.